The molecule has 0 radical (unpaired) electrons. The van der Waals surface area contributed by atoms with Crippen LogP contribution in [0.15, 0.2) is 66.7 Å². The van der Waals surface area contributed by atoms with Crippen LogP contribution in [0.2, 0.25) is 0 Å². The van der Waals surface area contributed by atoms with Crippen LogP contribution in [0.1, 0.15) is 20.3 Å². The SMILES string of the molecule is CCOc1ccc(NC(=O)[C@H]2[C@@H]3OC4(CC3Br)C(C(=O)Nc3ccc5ccccc5c3)N([C@H](C)CO)C(=O)[C@H]24)cc1. The number of ether oxygens (including phenoxy) is 2. The Bertz CT molecular complexity index is 1500. The fourth-order valence-corrected chi connectivity index (χ4v) is 7.68. The fraction of sp³-hybridized carbons (Fsp3) is 0.387. The van der Waals surface area contributed by atoms with Gasteiger partial charge in [0.25, 0.3) is 0 Å². The van der Waals surface area contributed by atoms with Crippen LogP contribution in [0.25, 0.3) is 10.8 Å². The first-order valence-corrected chi connectivity index (χ1v) is 14.8. The Balaban J connectivity index is 1.31. The van der Waals surface area contributed by atoms with Crippen LogP contribution in [0.4, 0.5) is 11.4 Å². The molecule has 2 bridgehead atoms. The van der Waals surface area contributed by atoms with Gasteiger partial charge in [-0.05, 0) is 67.4 Å². The van der Waals surface area contributed by atoms with E-state index in [9.17, 15) is 19.5 Å². The highest BCUT2D eigenvalue weighted by atomic mass is 79.9. The number of nitrogens with one attached hydrogen (secondary N) is 2. The molecule has 3 heterocycles. The molecule has 7 atom stereocenters. The van der Waals surface area contributed by atoms with E-state index >= 15 is 0 Å². The van der Waals surface area contributed by atoms with Gasteiger partial charge in [0, 0.05) is 16.2 Å². The Hall–Kier alpha value is -3.47. The average Bonchev–Trinajstić information content (AvgIpc) is 3.57. The fourth-order valence-electron chi connectivity index (χ4n) is 6.73. The number of hydrogen-bond donors (Lipinski definition) is 3. The van der Waals surface area contributed by atoms with Gasteiger partial charge in [0.1, 0.15) is 17.4 Å². The molecule has 3 aromatic rings. The summed E-state index contributed by atoms with van der Waals surface area (Å²) in [6, 6.07) is 18.8. The van der Waals surface area contributed by atoms with Gasteiger partial charge in [-0.25, -0.2) is 0 Å². The summed E-state index contributed by atoms with van der Waals surface area (Å²) in [5, 5.41) is 18.0. The normalized spacial score (nSPS) is 28.9. The smallest absolute Gasteiger partial charge is 0.250 e. The number of aliphatic hydroxyl groups is 1. The number of carbonyl (C=O) groups is 3. The minimum atomic E-state index is -1.22. The molecule has 0 saturated carbocycles. The molecule has 3 aliphatic heterocycles. The van der Waals surface area contributed by atoms with Crippen molar-refractivity contribution in [1.29, 1.82) is 0 Å². The van der Waals surface area contributed by atoms with E-state index in [0.717, 1.165) is 10.8 Å². The predicted octanol–water partition coefficient (Wildman–Crippen LogP) is 3.94. The summed E-state index contributed by atoms with van der Waals surface area (Å²) in [5.74, 6) is -2.13. The molecule has 3 aliphatic rings. The zero-order valence-electron chi connectivity index (χ0n) is 22.7. The number of alkyl halides is 1. The zero-order valence-corrected chi connectivity index (χ0v) is 24.3. The lowest BCUT2D eigenvalue weighted by molar-refractivity contribution is -0.142. The first-order chi connectivity index (χ1) is 19.8. The molecule has 9 nitrogen and oxygen atoms in total. The van der Waals surface area contributed by atoms with Gasteiger partial charge in [0.15, 0.2) is 0 Å². The van der Waals surface area contributed by atoms with Crippen LogP contribution in [-0.2, 0) is 19.1 Å². The van der Waals surface area contributed by atoms with E-state index in [4.69, 9.17) is 9.47 Å². The minimum Gasteiger partial charge on any atom is -0.494 e. The van der Waals surface area contributed by atoms with Crippen LogP contribution in [0.3, 0.4) is 0 Å². The third kappa shape index (κ3) is 4.58. The van der Waals surface area contributed by atoms with E-state index in [1.807, 2.05) is 49.4 Å². The lowest BCUT2D eigenvalue weighted by Gasteiger charge is -2.35. The molecule has 10 heteroatoms. The van der Waals surface area contributed by atoms with Gasteiger partial charge < -0.3 is 30.1 Å². The van der Waals surface area contributed by atoms with Crippen molar-refractivity contribution in [3.8, 4) is 5.75 Å². The molecule has 41 heavy (non-hydrogen) atoms. The van der Waals surface area contributed by atoms with Crippen molar-refractivity contribution in [2.75, 3.05) is 23.8 Å². The average molecular weight is 623 g/mol. The molecule has 0 aromatic heterocycles. The van der Waals surface area contributed by atoms with Crippen LogP contribution in [0.5, 0.6) is 5.75 Å². The van der Waals surface area contributed by atoms with Crippen molar-refractivity contribution < 1.29 is 29.0 Å². The summed E-state index contributed by atoms with van der Waals surface area (Å²) >= 11 is 3.68. The first-order valence-electron chi connectivity index (χ1n) is 13.9. The number of carbonyl (C=O) groups excluding carboxylic acids is 3. The van der Waals surface area contributed by atoms with Crippen molar-refractivity contribution >= 4 is 55.8 Å². The van der Waals surface area contributed by atoms with E-state index in [0.29, 0.717) is 30.2 Å². The Morgan fingerprint density at radius 1 is 1.07 bits per heavy atom. The van der Waals surface area contributed by atoms with Gasteiger partial charge in [-0.1, -0.05) is 46.3 Å². The van der Waals surface area contributed by atoms with Gasteiger partial charge in [-0.15, -0.1) is 0 Å². The van der Waals surface area contributed by atoms with E-state index in [1.165, 1.54) is 4.90 Å². The van der Waals surface area contributed by atoms with E-state index in [1.54, 1.807) is 31.2 Å². The zero-order chi connectivity index (χ0) is 28.9. The number of rotatable bonds is 8. The van der Waals surface area contributed by atoms with Crippen LogP contribution in [-0.4, -0.2) is 69.6 Å². The van der Waals surface area contributed by atoms with Crippen molar-refractivity contribution in [3.05, 3.63) is 66.7 Å². The second-order valence-corrected chi connectivity index (χ2v) is 12.1. The van der Waals surface area contributed by atoms with Gasteiger partial charge in [0.2, 0.25) is 17.7 Å². The number of nitrogens with zero attached hydrogens (tertiary/aromatic N) is 1. The Labute approximate surface area is 246 Å². The summed E-state index contributed by atoms with van der Waals surface area (Å²) in [5.41, 5.74) is -0.0652. The van der Waals surface area contributed by atoms with Gasteiger partial charge >= 0.3 is 0 Å². The summed E-state index contributed by atoms with van der Waals surface area (Å²) in [4.78, 5) is 43.0. The first kappa shape index (κ1) is 27.7. The predicted molar refractivity (Wildman–Crippen MR) is 158 cm³/mol. The highest BCUT2D eigenvalue weighted by Crippen LogP contribution is 2.60. The standard InChI is InChI=1S/C31H32BrN3O6/c1-3-40-22-12-10-20(11-13-22)33-28(37)24-25-30(39)35(17(2)16-36)27(31(25)15-23(32)26(24)41-31)29(38)34-21-9-8-18-6-4-5-7-19(18)14-21/h4-14,17,23-27,36H,3,15-16H2,1-2H3,(H,33,37)(H,34,38)/t17-,23?,24-,25+,26-,27?,31?/m1/s1. The lowest BCUT2D eigenvalue weighted by atomic mass is 9.70. The second kappa shape index (κ2) is 10.7. The molecule has 3 unspecified atom stereocenters. The molecule has 214 valence electrons. The van der Waals surface area contributed by atoms with Gasteiger partial charge in [-0.2, -0.15) is 0 Å². The number of amides is 3. The molecule has 3 saturated heterocycles. The summed E-state index contributed by atoms with van der Waals surface area (Å²) in [7, 11) is 0. The molecule has 3 aromatic carbocycles. The summed E-state index contributed by atoms with van der Waals surface area (Å²) in [6.45, 7) is 3.79. The number of halogens is 1. The minimum absolute atomic E-state index is 0.233. The third-order valence-electron chi connectivity index (χ3n) is 8.47. The Kier molecular flexibility index (Phi) is 7.25. The van der Waals surface area contributed by atoms with Crippen LogP contribution >= 0.6 is 15.9 Å². The molecule has 3 fully saturated rings. The Morgan fingerprint density at radius 3 is 2.46 bits per heavy atom. The molecule has 0 aliphatic carbocycles. The highest BCUT2D eigenvalue weighted by Gasteiger charge is 2.76. The summed E-state index contributed by atoms with van der Waals surface area (Å²) < 4.78 is 12.0. The molecule has 1 spiro atoms. The maximum Gasteiger partial charge on any atom is 0.250 e. The van der Waals surface area contributed by atoms with E-state index in [-0.39, 0.29) is 23.2 Å². The number of fused-ring (bicyclic) bond motifs is 2. The monoisotopic (exact) mass is 621 g/mol. The van der Waals surface area contributed by atoms with E-state index in [2.05, 4.69) is 26.6 Å². The maximum absolute atomic E-state index is 14.0. The Morgan fingerprint density at radius 2 is 1.76 bits per heavy atom. The van der Waals surface area contributed by atoms with Crippen molar-refractivity contribution in [3.63, 3.8) is 0 Å². The number of anilines is 2. The maximum atomic E-state index is 14.0. The largest absolute Gasteiger partial charge is 0.494 e. The molecular weight excluding hydrogens is 590 g/mol. The van der Waals surface area contributed by atoms with Crippen LogP contribution in [0, 0.1) is 11.8 Å². The molecular formula is C31H32BrN3O6. The van der Waals surface area contributed by atoms with Crippen molar-refractivity contribution in [2.45, 2.75) is 48.9 Å². The van der Waals surface area contributed by atoms with Gasteiger partial charge in [0.05, 0.1) is 37.2 Å². The molecule has 6 rings (SSSR count). The third-order valence-corrected chi connectivity index (χ3v) is 9.31. The lowest BCUT2D eigenvalue weighted by Crippen LogP contribution is -2.56. The van der Waals surface area contributed by atoms with Gasteiger partial charge in [-0.3, -0.25) is 14.4 Å². The second-order valence-electron chi connectivity index (χ2n) is 10.9. The topological polar surface area (TPSA) is 117 Å². The number of hydrogen-bond acceptors (Lipinski definition) is 6. The van der Waals surface area contributed by atoms with Crippen LogP contribution < -0.4 is 15.4 Å². The quantitative estimate of drug-likeness (QED) is 0.328. The number of aliphatic hydroxyl groups excluding tert-OH is 1. The summed E-state index contributed by atoms with van der Waals surface area (Å²) in [6.07, 6.45) is -0.208. The highest BCUT2D eigenvalue weighted by molar-refractivity contribution is 9.09. The van der Waals surface area contributed by atoms with E-state index < -0.39 is 41.5 Å². The number of benzene rings is 3. The van der Waals surface area contributed by atoms with Crippen molar-refractivity contribution in [2.24, 2.45) is 11.8 Å². The molecule has 3 amide bonds. The van der Waals surface area contributed by atoms with Crippen molar-refractivity contribution in [1.82, 2.24) is 4.90 Å². The molecule has 3 N–H and O–H groups in total. The number of likely N-dealkylation sites (tertiary alicyclic amines) is 1.